The number of aryl methyl sites for hydroxylation is 2. The molecule has 5 heteroatoms. The summed E-state index contributed by atoms with van der Waals surface area (Å²) in [7, 11) is 1.93. The van der Waals surface area contributed by atoms with E-state index >= 15 is 0 Å². The maximum absolute atomic E-state index is 11.9. The van der Waals surface area contributed by atoms with Gasteiger partial charge in [-0.15, -0.1) is 0 Å². The normalized spacial score (nSPS) is 11.1. The summed E-state index contributed by atoms with van der Waals surface area (Å²) in [6.07, 6.45) is 6.87. The zero-order valence-electron chi connectivity index (χ0n) is 13.6. The number of benzene rings is 1. The lowest BCUT2D eigenvalue weighted by atomic mass is 10.2. The molecule has 2 heterocycles. The fraction of sp³-hybridized carbons (Fsp3) is 0.158. The van der Waals surface area contributed by atoms with E-state index in [-0.39, 0.29) is 5.78 Å². The van der Waals surface area contributed by atoms with Crippen molar-refractivity contribution in [1.29, 1.82) is 0 Å². The first-order valence-electron chi connectivity index (χ1n) is 7.60. The molecule has 0 fully saturated rings. The van der Waals surface area contributed by atoms with Crippen LogP contribution in [0.4, 0.5) is 0 Å². The number of allylic oxidation sites excluding steroid dienone is 1. The van der Waals surface area contributed by atoms with Crippen molar-refractivity contribution < 1.29 is 13.9 Å². The molecule has 3 aromatic rings. The Balaban J connectivity index is 1.59. The van der Waals surface area contributed by atoms with E-state index in [0.29, 0.717) is 12.4 Å². The van der Waals surface area contributed by atoms with Crippen molar-refractivity contribution in [3.8, 4) is 5.75 Å². The number of furan rings is 1. The molecule has 3 rings (SSSR count). The van der Waals surface area contributed by atoms with Gasteiger partial charge in [0.15, 0.2) is 5.76 Å². The molecule has 1 aromatic carbocycles. The summed E-state index contributed by atoms with van der Waals surface area (Å²) in [5, 5.41) is 0. The largest absolute Gasteiger partial charge is 0.486 e. The maximum atomic E-state index is 11.9. The summed E-state index contributed by atoms with van der Waals surface area (Å²) in [6, 6.07) is 11.0. The van der Waals surface area contributed by atoms with Gasteiger partial charge in [-0.3, -0.25) is 4.79 Å². The van der Waals surface area contributed by atoms with Gasteiger partial charge in [-0.05, 0) is 42.8 Å². The Kier molecular flexibility index (Phi) is 4.61. The van der Waals surface area contributed by atoms with E-state index in [0.717, 1.165) is 22.9 Å². The van der Waals surface area contributed by atoms with E-state index in [9.17, 15) is 4.79 Å². The number of aromatic nitrogens is 2. The van der Waals surface area contributed by atoms with Crippen LogP contribution in [0.2, 0.25) is 0 Å². The van der Waals surface area contributed by atoms with Crippen molar-refractivity contribution in [3.63, 3.8) is 0 Å². The van der Waals surface area contributed by atoms with E-state index in [4.69, 9.17) is 9.15 Å². The number of hydrogen-bond donors (Lipinski definition) is 0. The number of ether oxygens (including phenoxy) is 1. The molecule has 0 N–H and O–H groups in total. The molecule has 0 saturated heterocycles. The number of imidazole rings is 1. The van der Waals surface area contributed by atoms with Gasteiger partial charge in [0.25, 0.3) is 0 Å². The van der Waals surface area contributed by atoms with Gasteiger partial charge in [-0.25, -0.2) is 4.98 Å². The van der Waals surface area contributed by atoms with Gasteiger partial charge >= 0.3 is 0 Å². The second-order valence-corrected chi connectivity index (χ2v) is 5.42. The third-order valence-corrected chi connectivity index (χ3v) is 3.58. The summed E-state index contributed by atoms with van der Waals surface area (Å²) in [5.41, 5.74) is 0.913. The standard InChI is InChI=1S/C19H18N2O3/c1-14-3-10-18(24-14)17(22)9-6-15-4-7-16(8-5-15)23-13-19-20-11-12-21(19)2/h3-12H,13H2,1-2H3/b9-6+. The molecular weight excluding hydrogens is 304 g/mol. The minimum atomic E-state index is -0.154. The van der Waals surface area contributed by atoms with Gasteiger partial charge in [0.05, 0.1) is 0 Å². The van der Waals surface area contributed by atoms with Gasteiger partial charge < -0.3 is 13.7 Å². The lowest BCUT2D eigenvalue weighted by Gasteiger charge is -2.06. The molecule has 0 radical (unpaired) electrons. The molecule has 0 spiro atoms. The van der Waals surface area contributed by atoms with Crippen LogP contribution in [-0.4, -0.2) is 15.3 Å². The highest BCUT2D eigenvalue weighted by molar-refractivity contribution is 6.04. The molecule has 122 valence electrons. The van der Waals surface area contributed by atoms with Crippen LogP contribution in [0.5, 0.6) is 5.75 Å². The van der Waals surface area contributed by atoms with Crippen LogP contribution in [0.15, 0.2) is 59.3 Å². The molecule has 0 unspecified atom stereocenters. The highest BCUT2D eigenvalue weighted by Crippen LogP contribution is 2.15. The summed E-state index contributed by atoms with van der Waals surface area (Å²) >= 11 is 0. The fourth-order valence-electron chi connectivity index (χ4n) is 2.18. The van der Waals surface area contributed by atoms with Crippen molar-refractivity contribution in [3.05, 3.63) is 77.8 Å². The first-order valence-corrected chi connectivity index (χ1v) is 7.60. The first kappa shape index (κ1) is 15.8. The smallest absolute Gasteiger partial charge is 0.221 e. The first-order chi connectivity index (χ1) is 11.6. The van der Waals surface area contributed by atoms with Crippen LogP contribution in [-0.2, 0) is 13.7 Å². The van der Waals surface area contributed by atoms with Crippen molar-refractivity contribution in [2.45, 2.75) is 13.5 Å². The van der Waals surface area contributed by atoms with Crippen LogP contribution in [0.3, 0.4) is 0 Å². The van der Waals surface area contributed by atoms with Crippen molar-refractivity contribution in [2.24, 2.45) is 7.05 Å². The zero-order valence-corrected chi connectivity index (χ0v) is 13.6. The minimum absolute atomic E-state index is 0.154. The third kappa shape index (κ3) is 3.81. The number of nitrogens with zero attached hydrogens (tertiary/aromatic N) is 2. The highest BCUT2D eigenvalue weighted by atomic mass is 16.5. The number of hydrogen-bond acceptors (Lipinski definition) is 4. The molecule has 0 atom stereocenters. The Morgan fingerprint density at radius 1 is 1.25 bits per heavy atom. The summed E-state index contributed by atoms with van der Waals surface area (Å²) < 4.78 is 12.9. The summed E-state index contributed by atoms with van der Waals surface area (Å²) in [6.45, 7) is 2.22. The zero-order chi connectivity index (χ0) is 16.9. The van der Waals surface area contributed by atoms with E-state index in [1.165, 1.54) is 6.08 Å². The van der Waals surface area contributed by atoms with Crippen molar-refractivity contribution in [2.75, 3.05) is 0 Å². The second-order valence-electron chi connectivity index (χ2n) is 5.42. The van der Waals surface area contributed by atoms with Gasteiger partial charge in [-0.2, -0.15) is 0 Å². The molecule has 0 aliphatic rings. The Morgan fingerprint density at radius 3 is 2.67 bits per heavy atom. The van der Waals surface area contributed by atoms with E-state index in [1.807, 2.05) is 49.0 Å². The predicted molar refractivity (Wildman–Crippen MR) is 90.8 cm³/mol. The SMILES string of the molecule is Cc1ccc(C(=O)/C=C/c2ccc(OCc3nccn3C)cc2)o1. The summed E-state index contributed by atoms with van der Waals surface area (Å²) in [5.74, 6) is 2.53. The molecule has 0 bridgehead atoms. The van der Waals surface area contributed by atoms with Crippen molar-refractivity contribution >= 4 is 11.9 Å². The lowest BCUT2D eigenvalue weighted by Crippen LogP contribution is -2.02. The number of ketones is 1. The van der Waals surface area contributed by atoms with Crippen LogP contribution in [0.25, 0.3) is 6.08 Å². The fourth-order valence-corrected chi connectivity index (χ4v) is 2.18. The Bertz CT molecular complexity index is 857. The third-order valence-electron chi connectivity index (χ3n) is 3.58. The molecule has 0 saturated carbocycles. The molecule has 24 heavy (non-hydrogen) atoms. The van der Waals surface area contributed by atoms with Crippen LogP contribution in [0, 0.1) is 6.92 Å². The van der Waals surface area contributed by atoms with E-state index in [2.05, 4.69) is 4.98 Å². The Morgan fingerprint density at radius 2 is 2.04 bits per heavy atom. The minimum Gasteiger partial charge on any atom is -0.486 e. The monoisotopic (exact) mass is 322 g/mol. The van der Waals surface area contributed by atoms with Crippen LogP contribution >= 0.6 is 0 Å². The van der Waals surface area contributed by atoms with Crippen LogP contribution in [0.1, 0.15) is 27.7 Å². The van der Waals surface area contributed by atoms with Gasteiger partial charge in [0.2, 0.25) is 5.78 Å². The molecule has 0 amide bonds. The molecule has 0 aliphatic carbocycles. The summed E-state index contributed by atoms with van der Waals surface area (Å²) in [4.78, 5) is 16.2. The average Bonchev–Trinajstić information content (AvgIpc) is 3.20. The average molecular weight is 322 g/mol. The maximum Gasteiger partial charge on any atom is 0.221 e. The Labute approximate surface area is 140 Å². The predicted octanol–water partition coefficient (Wildman–Crippen LogP) is 3.80. The molecular formula is C19H18N2O3. The van der Waals surface area contributed by atoms with Crippen molar-refractivity contribution in [1.82, 2.24) is 9.55 Å². The number of carbonyl (C=O) groups is 1. The van der Waals surface area contributed by atoms with Crippen LogP contribution < -0.4 is 4.74 Å². The number of rotatable bonds is 6. The van der Waals surface area contributed by atoms with Gasteiger partial charge in [-0.1, -0.05) is 18.2 Å². The highest BCUT2D eigenvalue weighted by Gasteiger charge is 2.06. The molecule has 5 nitrogen and oxygen atoms in total. The second kappa shape index (κ2) is 7.00. The quantitative estimate of drug-likeness (QED) is 0.512. The lowest BCUT2D eigenvalue weighted by molar-refractivity contribution is 0.102. The van der Waals surface area contributed by atoms with E-state index < -0.39 is 0 Å². The van der Waals surface area contributed by atoms with Gasteiger partial charge in [0, 0.05) is 19.4 Å². The molecule has 2 aromatic heterocycles. The molecule has 0 aliphatic heterocycles. The number of carbonyl (C=O) groups excluding carboxylic acids is 1. The topological polar surface area (TPSA) is 57.3 Å². The Hall–Kier alpha value is -3.08. The van der Waals surface area contributed by atoms with Gasteiger partial charge in [0.1, 0.15) is 23.9 Å². The van der Waals surface area contributed by atoms with E-state index in [1.54, 1.807) is 24.4 Å².